The van der Waals surface area contributed by atoms with Crippen LogP contribution in [0.25, 0.3) is 0 Å². The van der Waals surface area contributed by atoms with E-state index in [2.05, 4.69) is 0 Å². The molecule has 0 aliphatic carbocycles. The number of benzene rings is 1. The molecule has 0 aliphatic heterocycles. The van der Waals surface area contributed by atoms with E-state index in [0.29, 0.717) is 5.56 Å². The number of esters is 1. The van der Waals surface area contributed by atoms with Crippen LogP contribution in [0.1, 0.15) is 22.3 Å². The number of carbonyl (C=O) groups is 2. The Bertz CT molecular complexity index is 704. The number of likely N-dealkylation sites (N-methyl/N-ethyl adjacent to an activating group) is 1. The van der Waals surface area contributed by atoms with Gasteiger partial charge in [-0.05, 0) is 17.7 Å². The summed E-state index contributed by atoms with van der Waals surface area (Å²) in [5.41, 5.74) is 0.797. The molecule has 0 radical (unpaired) electrons. The molecule has 23 heavy (non-hydrogen) atoms. The standard InChI is InChI=1S/C15H18N2O5S/c1-17(9-3-8-16)14(18)10-22-15(19)13-6-4-12(5-7-13)11-23(2,20)21/h4-7H,3,9-11H2,1-2H3. The topological polar surface area (TPSA) is 105 Å². The molecule has 0 heterocycles. The van der Waals surface area contributed by atoms with Crippen molar-refractivity contribution in [3.63, 3.8) is 0 Å². The van der Waals surface area contributed by atoms with Gasteiger partial charge < -0.3 is 9.64 Å². The SMILES string of the molecule is CN(CCC#N)C(=O)COC(=O)c1ccc(CS(C)(=O)=O)cc1. The van der Waals surface area contributed by atoms with Gasteiger partial charge in [0.05, 0.1) is 23.8 Å². The zero-order valence-electron chi connectivity index (χ0n) is 13.0. The quantitative estimate of drug-likeness (QED) is 0.680. The Labute approximate surface area is 135 Å². The van der Waals surface area contributed by atoms with Crippen LogP contribution in [0.4, 0.5) is 0 Å². The molecule has 0 aromatic heterocycles. The minimum Gasteiger partial charge on any atom is -0.452 e. The second kappa shape index (κ2) is 8.29. The van der Waals surface area contributed by atoms with E-state index in [9.17, 15) is 18.0 Å². The second-order valence-electron chi connectivity index (χ2n) is 5.07. The number of sulfone groups is 1. The van der Waals surface area contributed by atoms with Crippen LogP contribution >= 0.6 is 0 Å². The zero-order valence-corrected chi connectivity index (χ0v) is 13.8. The van der Waals surface area contributed by atoms with E-state index in [1.54, 1.807) is 0 Å². The largest absolute Gasteiger partial charge is 0.452 e. The molecular formula is C15H18N2O5S. The molecule has 0 N–H and O–H groups in total. The Morgan fingerprint density at radius 1 is 1.26 bits per heavy atom. The van der Waals surface area contributed by atoms with Gasteiger partial charge in [0, 0.05) is 19.8 Å². The summed E-state index contributed by atoms with van der Waals surface area (Å²) in [5, 5.41) is 8.45. The highest BCUT2D eigenvalue weighted by Crippen LogP contribution is 2.09. The molecule has 0 aliphatic rings. The predicted molar refractivity (Wildman–Crippen MR) is 83.1 cm³/mol. The van der Waals surface area contributed by atoms with E-state index >= 15 is 0 Å². The van der Waals surface area contributed by atoms with Gasteiger partial charge >= 0.3 is 5.97 Å². The number of rotatable bonds is 7. The number of hydrogen-bond donors (Lipinski definition) is 0. The van der Waals surface area contributed by atoms with Crippen molar-refractivity contribution in [1.29, 1.82) is 5.26 Å². The van der Waals surface area contributed by atoms with E-state index < -0.39 is 28.3 Å². The molecule has 0 bridgehead atoms. The number of amides is 1. The molecule has 1 amide bonds. The molecule has 1 rings (SSSR count). The average molecular weight is 338 g/mol. The first-order chi connectivity index (χ1) is 10.7. The summed E-state index contributed by atoms with van der Waals surface area (Å²) in [7, 11) is -1.62. The van der Waals surface area contributed by atoms with Crippen LogP contribution in [-0.2, 0) is 25.1 Å². The maximum absolute atomic E-state index is 11.8. The lowest BCUT2D eigenvalue weighted by Crippen LogP contribution is -2.31. The summed E-state index contributed by atoms with van der Waals surface area (Å²) in [4.78, 5) is 24.8. The number of nitriles is 1. The Kier molecular flexibility index (Phi) is 6.72. The van der Waals surface area contributed by atoms with Crippen molar-refractivity contribution in [2.75, 3.05) is 26.5 Å². The lowest BCUT2D eigenvalue weighted by molar-refractivity contribution is -0.133. The molecule has 1 aromatic carbocycles. The Morgan fingerprint density at radius 2 is 1.87 bits per heavy atom. The molecule has 1 aromatic rings. The first-order valence-electron chi connectivity index (χ1n) is 6.77. The van der Waals surface area contributed by atoms with Crippen LogP contribution in [0.3, 0.4) is 0 Å². The van der Waals surface area contributed by atoms with E-state index in [4.69, 9.17) is 10.00 Å². The molecule has 0 saturated carbocycles. The molecule has 7 nitrogen and oxygen atoms in total. The predicted octanol–water partition coefficient (Wildman–Crippen LogP) is 0.760. The Balaban J connectivity index is 2.55. The van der Waals surface area contributed by atoms with Crippen LogP contribution in [0.15, 0.2) is 24.3 Å². The van der Waals surface area contributed by atoms with Gasteiger partial charge in [0.15, 0.2) is 16.4 Å². The van der Waals surface area contributed by atoms with Crippen LogP contribution in [0.5, 0.6) is 0 Å². The van der Waals surface area contributed by atoms with Gasteiger partial charge in [0.25, 0.3) is 5.91 Å². The van der Waals surface area contributed by atoms with Gasteiger partial charge in [-0.25, -0.2) is 13.2 Å². The summed E-state index contributed by atoms with van der Waals surface area (Å²) in [6.45, 7) is -0.140. The normalized spacial score (nSPS) is 10.7. The molecule has 124 valence electrons. The molecule has 8 heteroatoms. The highest BCUT2D eigenvalue weighted by molar-refractivity contribution is 7.89. The minimum atomic E-state index is -3.14. The fraction of sp³-hybridized carbons (Fsp3) is 0.400. The minimum absolute atomic E-state index is 0.107. The summed E-state index contributed by atoms with van der Waals surface area (Å²) >= 11 is 0. The monoisotopic (exact) mass is 338 g/mol. The number of carbonyl (C=O) groups excluding carboxylic acids is 2. The van der Waals surface area contributed by atoms with Gasteiger partial charge in [0.1, 0.15) is 0 Å². The van der Waals surface area contributed by atoms with Crippen molar-refractivity contribution >= 4 is 21.7 Å². The van der Waals surface area contributed by atoms with Gasteiger partial charge in [-0.15, -0.1) is 0 Å². The van der Waals surface area contributed by atoms with E-state index in [1.807, 2.05) is 6.07 Å². The van der Waals surface area contributed by atoms with Crippen LogP contribution < -0.4 is 0 Å². The van der Waals surface area contributed by atoms with Crippen molar-refractivity contribution in [3.05, 3.63) is 35.4 Å². The average Bonchev–Trinajstić information content (AvgIpc) is 2.49. The van der Waals surface area contributed by atoms with E-state index in [-0.39, 0.29) is 24.3 Å². The Morgan fingerprint density at radius 3 is 2.39 bits per heavy atom. The maximum atomic E-state index is 11.8. The molecule has 0 saturated heterocycles. The van der Waals surface area contributed by atoms with Crippen LogP contribution in [0, 0.1) is 11.3 Å². The van der Waals surface area contributed by atoms with Crippen molar-refractivity contribution < 1.29 is 22.7 Å². The summed E-state index contributed by atoms with van der Waals surface area (Å²) in [6, 6.07) is 7.88. The number of ether oxygens (including phenoxy) is 1. The molecular weight excluding hydrogens is 320 g/mol. The lowest BCUT2D eigenvalue weighted by atomic mass is 10.1. The molecule has 0 spiro atoms. The fourth-order valence-corrected chi connectivity index (χ4v) is 2.50. The van der Waals surface area contributed by atoms with Crippen molar-refractivity contribution in [2.45, 2.75) is 12.2 Å². The summed E-state index contributed by atoms with van der Waals surface area (Å²) in [6.07, 6.45) is 1.33. The number of hydrogen-bond acceptors (Lipinski definition) is 6. The number of nitrogens with zero attached hydrogens (tertiary/aromatic N) is 2. The third kappa shape index (κ3) is 6.93. The Hall–Kier alpha value is -2.40. The third-order valence-electron chi connectivity index (χ3n) is 2.93. The molecule has 0 atom stereocenters. The molecule has 0 fully saturated rings. The maximum Gasteiger partial charge on any atom is 0.338 e. The van der Waals surface area contributed by atoms with Gasteiger partial charge in [-0.3, -0.25) is 4.79 Å². The van der Waals surface area contributed by atoms with E-state index in [1.165, 1.54) is 36.2 Å². The van der Waals surface area contributed by atoms with Crippen molar-refractivity contribution in [3.8, 4) is 6.07 Å². The summed E-state index contributed by atoms with van der Waals surface area (Å²) in [5.74, 6) is -1.18. The van der Waals surface area contributed by atoms with Crippen molar-refractivity contribution in [1.82, 2.24) is 4.90 Å². The highest BCUT2D eigenvalue weighted by Gasteiger charge is 2.13. The highest BCUT2D eigenvalue weighted by atomic mass is 32.2. The van der Waals surface area contributed by atoms with Gasteiger partial charge in [-0.2, -0.15) is 5.26 Å². The van der Waals surface area contributed by atoms with E-state index in [0.717, 1.165) is 6.26 Å². The second-order valence-corrected chi connectivity index (χ2v) is 7.21. The lowest BCUT2D eigenvalue weighted by Gasteiger charge is -2.15. The molecule has 0 unspecified atom stereocenters. The fourth-order valence-electron chi connectivity index (χ4n) is 1.70. The van der Waals surface area contributed by atoms with Gasteiger partial charge in [0.2, 0.25) is 0 Å². The van der Waals surface area contributed by atoms with Crippen molar-refractivity contribution in [2.24, 2.45) is 0 Å². The summed E-state index contributed by atoms with van der Waals surface area (Å²) < 4.78 is 27.3. The van der Waals surface area contributed by atoms with Crippen LogP contribution in [-0.4, -0.2) is 51.6 Å². The third-order valence-corrected chi connectivity index (χ3v) is 3.79. The first-order valence-corrected chi connectivity index (χ1v) is 8.83. The van der Waals surface area contributed by atoms with Crippen LogP contribution in [0.2, 0.25) is 0 Å². The smallest absolute Gasteiger partial charge is 0.338 e. The van der Waals surface area contributed by atoms with Gasteiger partial charge in [-0.1, -0.05) is 12.1 Å². The first kappa shape index (κ1) is 18.6. The zero-order chi connectivity index (χ0) is 17.5.